The first-order chi connectivity index (χ1) is 11.8. The van der Waals surface area contributed by atoms with E-state index in [9.17, 15) is 19.2 Å². The van der Waals surface area contributed by atoms with E-state index in [-0.39, 0.29) is 39.5 Å². The second-order valence-electron chi connectivity index (χ2n) is 4.78. The monoisotopic (exact) mass is 405 g/mol. The van der Waals surface area contributed by atoms with Crippen LogP contribution in [0.15, 0.2) is 0 Å². The second kappa shape index (κ2) is 12.8. The Kier molecular flexibility index (Phi) is 12.5. The number of unbranched alkanes of at least 4 members (excludes halogenated alkanes) is 1. The Morgan fingerprint density at radius 2 is 1.24 bits per heavy atom. The van der Waals surface area contributed by atoms with Crippen LogP contribution in [0.25, 0.3) is 0 Å². The van der Waals surface area contributed by atoms with Crippen molar-refractivity contribution in [2.75, 3.05) is 33.0 Å². The van der Waals surface area contributed by atoms with Crippen LogP contribution in [0, 0.1) is 10.1 Å². The average molecular weight is 405 g/mol. The Bertz CT molecular complexity index is 424. The summed E-state index contributed by atoms with van der Waals surface area (Å²) in [6.07, 6.45) is 0.802. The maximum Gasteiger partial charge on any atom is 0.345 e. The topological polar surface area (TPSA) is 123 Å². The number of hydrogen-bond donors (Lipinski definition) is 0. The van der Waals surface area contributed by atoms with Crippen LogP contribution in [0.1, 0.15) is 47.0 Å². The quantitative estimate of drug-likeness (QED) is 0.161. The number of rotatable bonds is 16. The molecule has 0 aromatic rings. The normalized spacial score (nSPS) is 12.5. The molecule has 0 aliphatic heterocycles. The largest absolute Gasteiger partial charge is 0.345 e. The average Bonchev–Trinajstić information content (AvgIpc) is 2.51. The zero-order valence-electron chi connectivity index (χ0n) is 15.3. The molecule has 12 heteroatoms. The maximum absolute atomic E-state index is 13.2. The van der Waals surface area contributed by atoms with E-state index >= 15 is 0 Å². The van der Waals surface area contributed by atoms with Gasteiger partial charge < -0.3 is 22.9 Å². The third kappa shape index (κ3) is 8.62. The highest BCUT2D eigenvalue weighted by Crippen LogP contribution is 2.71. The fraction of sp³-hybridized carbons (Fsp3) is 1.00. The predicted octanol–water partition coefficient (Wildman–Crippen LogP) is 4.22. The van der Waals surface area contributed by atoms with E-state index < -0.39 is 25.7 Å². The van der Waals surface area contributed by atoms with Crippen molar-refractivity contribution in [3.05, 3.63) is 10.1 Å². The van der Waals surface area contributed by atoms with E-state index in [1.54, 1.807) is 27.7 Å². The second-order valence-corrected chi connectivity index (χ2v) is 9.63. The van der Waals surface area contributed by atoms with E-state index in [1.165, 1.54) is 0 Å². The summed E-state index contributed by atoms with van der Waals surface area (Å²) in [5.41, 5.74) is 0. The maximum atomic E-state index is 13.2. The molecule has 0 aromatic heterocycles. The lowest BCUT2D eigenvalue weighted by molar-refractivity contribution is -0.757. The van der Waals surface area contributed by atoms with Gasteiger partial charge in [0.25, 0.3) is 5.09 Å². The van der Waals surface area contributed by atoms with Gasteiger partial charge in [-0.1, -0.05) is 0 Å². The predicted molar refractivity (Wildman–Crippen MR) is 92.3 cm³/mol. The molecule has 0 aliphatic carbocycles. The molecule has 0 bridgehead atoms. The van der Waals surface area contributed by atoms with E-state index in [2.05, 4.69) is 4.84 Å². The Hall–Kier alpha value is -0.500. The summed E-state index contributed by atoms with van der Waals surface area (Å²) in [6.45, 7) is 6.93. The fourth-order valence-electron chi connectivity index (χ4n) is 2.20. The molecule has 10 nitrogen and oxygen atoms in total. The fourth-order valence-corrected chi connectivity index (χ4v) is 7.66. The Labute approximate surface area is 148 Å². The van der Waals surface area contributed by atoms with Crippen molar-refractivity contribution in [2.24, 2.45) is 0 Å². The van der Waals surface area contributed by atoms with Crippen molar-refractivity contribution >= 4 is 15.2 Å². The molecule has 0 heterocycles. The van der Waals surface area contributed by atoms with E-state index in [1.807, 2.05) is 0 Å². The molecule has 0 radical (unpaired) electrons. The summed E-state index contributed by atoms with van der Waals surface area (Å²) >= 11 is 0. The third-order valence-corrected chi connectivity index (χ3v) is 9.17. The number of nitrogens with zero attached hydrogens (tertiary/aromatic N) is 1. The molecular weight excluding hydrogens is 376 g/mol. The Balaban J connectivity index is 5.35. The lowest BCUT2D eigenvalue weighted by Gasteiger charge is -2.31. The van der Waals surface area contributed by atoms with Gasteiger partial charge in [-0.3, -0.25) is 9.13 Å². The van der Waals surface area contributed by atoms with Crippen LogP contribution >= 0.6 is 15.2 Å². The van der Waals surface area contributed by atoms with Crippen LogP contribution < -0.4 is 0 Å². The van der Waals surface area contributed by atoms with Crippen molar-refractivity contribution in [1.82, 2.24) is 0 Å². The van der Waals surface area contributed by atoms with Crippen molar-refractivity contribution < 1.29 is 37.1 Å². The molecule has 0 aromatic carbocycles. The molecule has 0 unspecified atom stereocenters. The summed E-state index contributed by atoms with van der Waals surface area (Å²) in [4.78, 5) is 14.4. The smallest absolute Gasteiger partial charge is 0.314 e. The van der Waals surface area contributed by atoms with Gasteiger partial charge in [0, 0.05) is 0 Å². The first-order valence-corrected chi connectivity index (χ1v) is 11.6. The standard InChI is InChI=1S/C13H29NO9P2/c1-5-20-24(17,21-6-2)13(11-9-10-12-19-14(15)16)25(18,22-7-3)23-8-4/h13H,5-12H2,1-4H3. The minimum atomic E-state index is -3.77. The molecule has 0 saturated heterocycles. The highest BCUT2D eigenvalue weighted by Gasteiger charge is 2.50. The molecule has 0 saturated carbocycles. The molecule has 0 aliphatic rings. The van der Waals surface area contributed by atoms with Gasteiger partial charge in [0.15, 0.2) is 5.40 Å². The minimum Gasteiger partial charge on any atom is -0.314 e. The van der Waals surface area contributed by atoms with Crippen LogP contribution in [0.4, 0.5) is 0 Å². The van der Waals surface area contributed by atoms with Crippen molar-refractivity contribution in [3.63, 3.8) is 0 Å². The van der Waals surface area contributed by atoms with Gasteiger partial charge >= 0.3 is 15.2 Å². The van der Waals surface area contributed by atoms with Crippen LogP contribution in [0.2, 0.25) is 0 Å². The summed E-state index contributed by atoms with van der Waals surface area (Å²) < 4.78 is 47.6. The summed E-state index contributed by atoms with van der Waals surface area (Å²) in [6, 6.07) is 0. The number of hydrogen-bond acceptors (Lipinski definition) is 9. The van der Waals surface area contributed by atoms with E-state index in [4.69, 9.17) is 18.1 Å². The lowest BCUT2D eigenvalue weighted by Crippen LogP contribution is -2.18. The SMILES string of the molecule is CCOP(=O)(OCC)C(CCCCO[N+](=O)[O-])P(=O)(OCC)OCC. The van der Waals surface area contributed by atoms with Gasteiger partial charge in [0.05, 0.1) is 33.0 Å². The molecule has 0 atom stereocenters. The zero-order valence-corrected chi connectivity index (χ0v) is 17.0. The molecule has 0 N–H and O–H groups in total. The molecule has 0 fully saturated rings. The van der Waals surface area contributed by atoms with Gasteiger partial charge in [-0.15, -0.1) is 10.1 Å². The van der Waals surface area contributed by atoms with E-state index in [0.717, 1.165) is 0 Å². The summed E-state index contributed by atoms with van der Waals surface area (Å²) in [5.74, 6) is 0. The molecular formula is C13H29NO9P2. The van der Waals surface area contributed by atoms with Gasteiger partial charge in [0.1, 0.15) is 0 Å². The van der Waals surface area contributed by atoms with Gasteiger partial charge in [-0.2, -0.15) is 0 Å². The first kappa shape index (κ1) is 24.5. The van der Waals surface area contributed by atoms with Crippen LogP contribution in [-0.2, 0) is 32.1 Å². The van der Waals surface area contributed by atoms with Gasteiger partial charge in [0.2, 0.25) is 0 Å². The Morgan fingerprint density at radius 1 is 0.840 bits per heavy atom. The van der Waals surface area contributed by atoms with E-state index in [0.29, 0.717) is 12.8 Å². The zero-order chi connectivity index (χ0) is 19.3. The van der Waals surface area contributed by atoms with Crippen molar-refractivity contribution in [3.8, 4) is 0 Å². The molecule has 150 valence electrons. The minimum absolute atomic E-state index is 0.108. The molecule has 0 spiro atoms. The lowest BCUT2D eigenvalue weighted by atomic mass is 10.3. The summed E-state index contributed by atoms with van der Waals surface area (Å²) in [7, 11) is -7.53. The first-order valence-electron chi connectivity index (χ1n) is 8.34. The Morgan fingerprint density at radius 3 is 1.56 bits per heavy atom. The molecule has 0 amide bonds. The van der Waals surface area contributed by atoms with Gasteiger partial charge in [-0.25, -0.2) is 0 Å². The highest BCUT2D eigenvalue weighted by atomic mass is 31.2. The van der Waals surface area contributed by atoms with Gasteiger partial charge in [-0.05, 0) is 47.0 Å². The third-order valence-electron chi connectivity index (χ3n) is 3.02. The van der Waals surface area contributed by atoms with Crippen LogP contribution in [0.5, 0.6) is 0 Å². The highest BCUT2D eigenvalue weighted by molar-refractivity contribution is 7.72. The van der Waals surface area contributed by atoms with Crippen molar-refractivity contribution in [2.45, 2.75) is 52.4 Å². The molecule has 0 rings (SSSR count). The van der Waals surface area contributed by atoms with Crippen LogP contribution in [-0.4, -0.2) is 43.5 Å². The molecule has 25 heavy (non-hydrogen) atoms. The van der Waals surface area contributed by atoms with Crippen molar-refractivity contribution in [1.29, 1.82) is 0 Å². The summed E-state index contributed by atoms with van der Waals surface area (Å²) in [5, 5.41) is 8.19. The van der Waals surface area contributed by atoms with Crippen LogP contribution in [0.3, 0.4) is 0 Å².